The number of rotatable bonds is 15. The van der Waals surface area contributed by atoms with Crippen LogP contribution >= 0.6 is 0 Å². The number of carboxylic acid groups (broad SMARTS) is 1. The summed E-state index contributed by atoms with van der Waals surface area (Å²) in [6.07, 6.45) is 9.53. The molecule has 0 spiro atoms. The number of allylic oxidation sites excluding steroid dienone is 1. The Labute approximate surface area is 526 Å². The summed E-state index contributed by atoms with van der Waals surface area (Å²) in [5, 5.41) is 39.1. The molecule has 5 heterocycles. The van der Waals surface area contributed by atoms with Gasteiger partial charge in [0.2, 0.25) is 53.2 Å². The Bertz CT molecular complexity index is 3630. The Hall–Kier alpha value is -10.0. The third kappa shape index (κ3) is 19.0. The molecule has 2 bridgehead atoms. The van der Waals surface area contributed by atoms with Gasteiger partial charge in [0.25, 0.3) is 0 Å². The first-order valence-corrected chi connectivity index (χ1v) is 30.4. The SMILES string of the molecule is NCCCC[C@@H]1NC(=O)CCCCC/C=C/CO[C@@H]2CCN(C(=O)[C@H](Cc3ccc(O)cc3)NC(=O)[C@H](Cc3cnc[nH]3)NC(=O)[C@H](CC(=O)O)NC(=O)[C@H](Cc3c[nH]c4ccc(F)cc34)NC(=O)[C@H](Cc3c[nH]c4ccc(F)cc34)NC(=O)CNC1=O)[C@@H]2C(N)=O. The minimum absolute atomic E-state index is 0.0282. The normalized spacial score (nSPS) is 23.1. The van der Waals surface area contributed by atoms with Crippen molar-refractivity contribution in [2.75, 3.05) is 26.2 Å². The van der Waals surface area contributed by atoms with Crippen molar-refractivity contribution in [1.82, 2.24) is 62.1 Å². The average Bonchev–Trinajstić information content (AvgIpc) is 1.68. The number of phenols is 1. The number of halogens is 2. The number of carboxylic acids is 1. The highest BCUT2D eigenvalue weighted by molar-refractivity contribution is 5.99. The lowest BCUT2D eigenvalue weighted by Gasteiger charge is -2.31. The van der Waals surface area contributed by atoms with Crippen LogP contribution in [0.15, 0.2) is 97.7 Å². The highest BCUT2D eigenvalue weighted by Gasteiger charge is 2.44. The summed E-state index contributed by atoms with van der Waals surface area (Å²) in [4.78, 5) is 155. The number of aromatic nitrogens is 4. The molecule has 0 unspecified atom stereocenters. The molecule has 2 aliphatic heterocycles. The average molecular weight is 1280 g/mol. The van der Waals surface area contributed by atoms with Crippen molar-refractivity contribution in [2.45, 2.75) is 138 Å². The molecule has 3 aromatic carbocycles. The van der Waals surface area contributed by atoms with Crippen molar-refractivity contribution >= 4 is 80.9 Å². The second-order valence-electron chi connectivity index (χ2n) is 22.8. The Morgan fingerprint density at radius 3 is 1.86 bits per heavy atom. The number of nitrogens with two attached hydrogens (primary N) is 2. The van der Waals surface area contributed by atoms with E-state index >= 15 is 0 Å². The molecular formula is C63H76F2N14O13. The fourth-order valence-electron chi connectivity index (χ4n) is 11.2. The van der Waals surface area contributed by atoms with Crippen LogP contribution in [0.2, 0.25) is 0 Å². The zero-order valence-corrected chi connectivity index (χ0v) is 50.3. The number of fused-ring (bicyclic) bond motifs is 4. The number of nitrogens with one attached hydrogen (secondary N) is 10. The van der Waals surface area contributed by atoms with Gasteiger partial charge in [-0.3, -0.25) is 47.9 Å². The van der Waals surface area contributed by atoms with Gasteiger partial charge in [-0.25, -0.2) is 13.8 Å². The van der Waals surface area contributed by atoms with Crippen LogP contribution in [0.1, 0.15) is 86.6 Å². The molecule has 490 valence electrons. The number of aromatic hydroxyl groups is 1. The minimum Gasteiger partial charge on any atom is -0.508 e. The summed E-state index contributed by atoms with van der Waals surface area (Å²) < 4.78 is 35.7. The number of ether oxygens (including phenoxy) is 1. The molecule has 0 aliphatic carbocycles. The lowest BCUT2D eigenvalue weighted by molar-refractivity contribution is -0.143. The molecule has 8 rings (SSSR count). The van der Waals surface area contributed by atoms with Crippen molar-refractivity contribution in [2.24, 2.45) is 11.5 Å². The maximum absolute atomic E-state index is 14.9. The fraction of sp³-hybridized carbons (Fsp3) is 0.413. The van der Waals surface area contributed by atoms with Gasteiger partial charge in [-0.15, -0.1) is 0 Å². The quantitative estimate of drug-likeness (QED) is 0.0508. The van der Waals surface area contributed by atoms with Gasteiger partial charge in [-0.2, -0.15) is 0 Å². The van der Waals surface area contributed by atoms with Gasteiger partial charge in [0.05, 0.1) is 32.0 Å². The van der Waals surface area contributed by atoms with Gasteiger partial charge in [-0.1, -0.05) is 30.7 Å². The van der Waals surface area contributed by atoms with Crippen LogP contribution in [0.25, 0.3) is 21.8 Å². The number of H-pyrrole nitrogens is 3. The lowest BCUT2D eigenvalue weighted by Crippen LogP contribution is -2.61. The van der Waals surface area contributed by atoms with E-state index in [2.05, 4.69) is 57.2 Å². The van der Waals surface area contributed by atoms with E-state index in [-0.39, 0.29) is 74.1 Å². The van der Waals surface area contributed by atoms with Gasteiger partial charge in [0.15, 0.2) is 0 Å². The maximum atomic E-state index is 14.9. The molecule has 8 atom stereocenters. The molecular weight excluding hydrogens is 1200 g/mol. The van der Waals surface area contributed by atoms with Gasteiger partial charge in [0.1, 0.15) is 59.7 Å². The molecule has 29 heteroatoms. The molecule has 6 aromatic rings. The smallest absolute Gasteiger partial charge is 0.305 e. The van der Waals surface area contributed by atoms with E-state index in [0.29, 0.717) is 72.6 Å². The molecule has 0 saturated carbocycles. The van der Waals surface area contributed by atoms with Gasteiger partial charge >= 0.3 is 5.97 Å². The predicted octanol–water partition coefficient (Wildman–Crippen LogP) is 1.25. The van der Waals surface area contributed by atoms with Crippen LogP contribution in [0.5, 0.6) is 5.75 Å². The third-order valence-electron chi connectivity index (χ3n) is 16.0. The first-order chi connectivity index (χ1) is 44.2. The summed E-state index contributed by atoms with van der Waals surface area (Å²) in [5.74, 6) is -11.2. The van der Waals surface area contributed by atoms with Gasteiger partial charge in [0, 0.05) is 84.7 Å². The van der Waals surface area contributed by atoms with Gasteiger partial charge < -0.3 is 83.5 Å². The van der Waals surface area contributed by atoms with Crippen LogP contribution in [0, 0.1) is 11.6 Å². The predicted molar refractivity (Wildman–Crippen MR) is 329 cm³/mol. The number of aliphatic carboxylic acids is 1. The summed E-state index contributed by atoms with van der Waals surface area (Å²) in [6.45, 7) is -0.400. The van der Waals surface area contributed by atoms with Crippen molar-refractivity contribution in [3.05, 3.63) is 132 Å². The van der Waals surface area contributed by atoms with Crippen LogP contribution < -0.4 is 48.7 Å². The number of nitrogens with zero attached hydrogens (tertiary/aromatic N) is 2. The number of hydrogen-bond acceptors (Lipinski definition) is 14. The fourth-order valence-corrected chi connectivity index (χ4v) is 11.2. The number of aromatic amines is 3. The number of benzene rings is 3. The molecule has 27 nitrogen and oxygen atoms in total. The Balaban J connectivity index is 1.14. The second kappa shape index (κ2) is 32.6. The molecule has 1 saturated heterocycles. The zero-order valence-electron chi connectivity index (χ0n) is 50.3. The van der Waals surface area contributed by atoms with E-state index in [1.54, 1.807) is 6.08 Å². The van der Waals surface area contributed by atoms with E-state index in [9.17, 15) is 66.9 Å². The van der Waals surface area contributed by atoms with Crippen molar-refractivity contribution in [1.29, 1.82) is 0 Å². The molecule has 16 N–H and O–H groups in total. The topological polar surface area (TPSA) is 420 Å². The largest absolute Gasteiger partial charge is 0.508 e. The molecule has 2 aliphatic rings. The van der Waals surface area contributed by atoms with Crippen LogP contribution in [-0.4, -0.2) is 169 Å². The standard InChI is InChI=1S/C63H76F2N14O13/c64-38-13-17-44-42(26-38)36(30-69-44)24-47-59(87)75-48(25-37-31-70-45-18-14-39(65)27-43(37)45)60(88)77-50(29-55(83)84)62(90)76-49(28-40-32-68-34-72-40)61(89)78-51(23-35-11-15-41(80)16-12-35)63(91)79-21-19-52(56(79)57(67)85)92-22-8-4-2-1-3-5-10-53(81)73-46(9-6-7-20-66)58(86)71-33-54(82)74-47/h4,8,11-18,26-27,30-32,34,46-52,56,69-70,80H,1-3,5-7,9-10,19-25,28-29,33,66H2,(H2,67,85)(H,68,72)(H,71,86)(H,73,81)(H,74,82)(H,75,87)(H,76,90)(H,77,88)(H,78,89)(H,83,84)/b8-4+/t46-,47-,48-,49-,50-,51-,52+,56-/m0/s1. The first kappa shape index (κ1) is 67.9. The number of unbranched alkanes of at least 4 members (excludes halogenated alkanes) is 1. The van der Waals surface area contributed by atoms with E-state index in [1.807, 2.05) is 6.08 Å². The zero-order chi connectivity index (χ0) is 65.8. The molecule has 1 fully saturated rings. The number of hydrogen-bond donors (Lipinski definition) is 14. The minimum atomic E-state index is -2.02. The van der Waals surface area contributed by atoms with Crippen molar-refractivity contribution in [3.63, 3.8) is 0 Å². The second-order valence-corrected chi connectivity index (χ2v) is 22.8. The van der Waals surface area contributed by atoms with Crippen LogP contribution in [-0.2, 0) is 78.4 Å². The summed E-state index contributed by atoms with van der Waals surface area (Å²) in [7, 11) is 0. The van der Waals surface area contributed by atoms with E-state index < -0.39 is 139 Å². The van der Waals surface area contributed by atoms with Crippen molar-refractivity contribution in [3.8, 4) is 5.75 Å². The van der Waals surface area contributed by atoms with Crippen molar-refractivity contribution < 1.29 is 71.7 Å². The summed E-state index contributed by atoms with van der Waals surface area (Å²) in [5.41, 5.74) is 13.9. The van der Waals surface area contributed by atoms with Crippen LogP contribution in [0.3, 0.4) is 0 Å². The molecule has 0 radical (unpaired) electrons. The number of phenolic OH excluding ortho intramolecular Hbond substituents is 1. The Morgan fingerprint density at radius 2 is 1.25 bits per heavy atom. The summed E-state index contributed by atoms with van der Waals surface area (Å²) in [6, 6.07) is 2.44. The van der Waals surface area contributed by atoms with E-state index in [4.69, 9.17) is 16.2 Å². The maximum Gasteiger partial charge on any atom is 0.305 e. The number of carbonyl (C=O) groups is 10. The molecule has 92 heavy (non-hydrogen) atoms. The highest BCUT2D eigenvalue weighted by atomic mass is 19.1. The number of amides is 9. The monoisotopic (exact) mass is 1270 g/mol. The van der Waals surface area contributed by atoms with Gasteiger partial charge in [-0.05, 0) is 117 Å². The number of primary amides is 1. The molecule has 3 aromatic heterocycles. The van der Waals surface area contributed by atoms with E-state index in [1.165, 1.54) is 90.5 Å². The van der Waals surface area contributed by atoms with E-state index in [0.717, 1.165) is 0 Å². The molecule has 9 amide bonds. The third-order valence-corrected chi connectivity index (χ3v) is 16.0. The Morgan fingerprint density at radius 1 is 0.652 bits per heavy atom. The summed E-state index contributed by atoms with van der Waals surface area (Å²) >= 11 is 0. The number of carbonyl (C=O) groups excluding carboxylic acids is 9. The first-order valence-electron chi connectivity index (χ1n) is 30.4. The van der Waals surface area contributed by atoms with Crippen LogP contribution in [0.4, 0.5) is 8.78 Å². The highest BCUT2D eigenvalue weighted by Crippen LogP contribution is 2.26. The lowest BCUT2D eigenvalue weighted by atomic mass is 10.0. The number of imidazole rings is 1. The Kier molecular flexibility index (Phi) is 24.1.